The third kappa shape index (κ3) is 3.32. The summed E-state index contributed by atoms with van der Waals surface area (Å²) in [6.45, 7) is 5.80. The minimum Gasteiger partial charge on any atom is -0.340 e. The van der Waals surface area contributed by atoms with E-state index in [9.17, 15) is 4.39 Å². The highest BCUT2D eigenvalue weighted by atomic mass is 35.5. The van der Waals surface area contributed by atoms with Crippen molar-refractivity contribution in [3.63, 3.8) is 0 Å². The van der Waals surface area contributed by atoms with Gasteiger partial charge in [0.25, 0.3) is 0 Å². The van der Waals surface area contributed by atoms with E-state index < -0.39 is 0 Å². The first kappa shape index (κ1) is 17.1. The van der Waals surface area contributed by atoms with E-state index in [1.807, 2.05) is 24.3 Å². The van der Waals surface area contributed by atoms with Crippen LogP contribution in [-0.4, -0.2) is 15.1 Å². The molecular weight excluding hydrogens is 351 g/mol. The Balaban J connectivity index is 1.81. The van der Waals surface area contributed by atoms with Crippen LogP contribution in [0.4, 0.5) is 15.9 Å². The van der Waals surface area contributed by atoms with Gasteiger partial charge >= 0.3 is 0 Å². The van der Waals surface area contributed by atoms with E-state index in [0.29, 0.717) is 11.6 Å². The van der Waals surface area contributed by atoms with Crippen LogP contribution in [0.25, 0.3) is 11.3 Å². The average molecular weight is 371 g/mol. The standard InChI is InChI=1S/C20H20ClFN4/c1-20(2)12-26-17(11-23-20)25-18(13-3-7-15(22)8-4-13)19(26)24-16-9-5-14(21)6-10-16/h3-10,23-24H,11-12H2,1-2H3. The number of anilines is 2. The topological polar surface area (TPSA) is 41.9 Å². The molecule has 2 N–H and O–H groups in total. The lowest BCUT2D eigenvalue weighted by molar-refractivity contribution is 0.292. The third-order valence-corrected chi connectivity index (χ3v) is 4.80. The minimum absolute atomic E-state index is 0.0375. The number of rotatable bonds is 3. The first-order chi connectivity index (χ1) is 12.4. The molecule has 6 heteroatoms. The second-order valence-electron chi connectivity index (χ2n) is 7.19. The third-order valence-electron chi connectivity index (χ3n) is 4.55. The van der Waals surface area contributed by atoms with Gasteiger partial charge in [0, 0.05) is 28.4 Å². The molecule has 4 rings (SSSR count). The number of hydrogen-bond acceptors (Lipinski definition) is 3. The Labute approximate surface area is 157 Å². The summed E-state index contributed by atoms with van der Waals surface area (Å²) in [7, 11) is 0. The molecule has 0 amide bonds. The second kappa shape index (κ2) is 6.41. The maximum Gasteiger partial charge on any atom is 0.138 e. The van der Waals surface area contributed by atoms with Gasteiger partial charge in [-0.2, -0.15) is 0 Å². The van der Waals surface area contributed by atoms with Gasteiger partial charge in [0.2, 0.25) is 0 Å². The number of nitrogens with one attached hydrogen (secondary N) is 2. The summed E-state index contributed by atoms with van der Waals surface area (Å²) in [4.78, 5) is 4.82. The van der Waals surface area contributed by atoms with E-state index in [-0.39, 0.29) is 11.4 Å². The zero-order valence-electron chi connectivity index (χ0n) is 14.7. The fraction of sp³-hybridized carbons (Fsp3) is 0.250. The van der Waals surface area contributed by atoms with Crippen molar-refractivity contribution in [1.82, 2.24) is 14.9 Å². The molecule has 1 aliphatic rings. The largest absolute Gasteiger partial charge is 0.340 e. The molecular formula is C20H20ClFN4. The number of halogens is 2. The molecule has 2 heterocycles. The van der Waals surface area contributed by atoms with Crippen molar-refractivity contribution in [2.45, 2.75) is 32.5 Å². The van der Waals surface area contributed by atoms with E-state index in [0.717, 1.165) is 35.1 Å². The summed E-state index contributed by atoms with van der Waals surface area (Å²) >= 11 is 6.00. The van der Waals surface area contributed by atoms with Crippen LogP contribution in [0.15, 0.2) is 48.5 Å². The van der Waals surface area contributed by atoms with Crippen molar-refractivity contribution in [1.29, 1.82) is 0 Å². The molecule has 1 aliphatic heterocycles. The van der Waals surface area contributed by atoms with Crippen molar-refractivity contribution >= 4 is 23.1 Å². The van der Waals surface area contributed by atoms with Crippen LogP contribution in [0, 0.1) is 5.82 Å². The molecule has 0 spiro atoms. The number of nitrogens with zero attached hydrogens (tertiary/aromatic N) is 2. The Morgan fingerprint density at radius 1 is 1.12 bits per heavy atom. The van der Waals surface area contributed by atoms with Gasteiger partial charge in [-0.1, -0.05) is 11.6 Å². The van der Waals surface area contributed by atoms with Gasteiger partial charge in [-0.3, -0.25) is 0 Å². The summed E-state index contributed by atoms with van der Waals surface area (Å²) in [6, 6.07) is 14.0. The Hall–Kier alpha value is -2.37. The summed E-state index contributed by atoms with van der Waals surface area (Å²) in [5, 5.41) is 7.67. The quantitative estimate of drug-likeness (QED) is 0.684. The van der Waals surface area contributed by atoms with Crippen LogP contribution < -0.4 is 10.6 Å². The maximum absolute atomic E-state index is 13.4. The van der Waals surface area contributed by atoms with Crippen molar-refractivity contribution in [3.8, 4) is 11.3 Å². The van der Waals surface area contributed by atoms with E-state index in [1.165, 1.54) is 12.1 Å². The summed E-state index contributed by atoms with van der Waals surface area (Å²) < 4.78 is 15.6. The van der Waals surface area contributed by atoms with Gasteiger partial charge in [0.1, 0.15) is 23.2 Å². The van der Waals surface area contributed by atoms with E-state index >= 15 is 0 Å². The molecule has 0 atom stereocenters. The summed E-state index contributed by atoms with van der Waals surface area (Å²) in [6.07, 6.45) is 0. The molecule has 0 saturated heterocycles. The van der Waals surface area contributed by atoms with Gasteiger partial charge in [0.05, 0.1) is 6.54 Å². The van der Waals surface area contributed by atoms with E-state index in [1.54, 1.807) is 12.1 Å². The minimum atomic E-state index is -0.257. The number of imidazole rings is 1. The van der Waals surface area contributed by atoms with Crippen molar-refractivity contribution in [3.05, 3.63) is 65.2 Å². The van der Waals surface area contributed by atoms with Crippen LogP contribution in [0.1, 0.15) is 19.7 Å². The SMILES string of the molecule is CC1(C)Cn2c(nc(-c3ccc(F)cc3)c2Nc2ccc(Cl)cc2)CN1. The predicted octanol–water partition coefficient (Wildman–Crippen LogP) is 4.97. The number of aromatic nitrogens is 2. The zero-order valence-corrected chi connectivity index (χ0v) is 15.4. The molecule has 26 heavy (non-hydrogen) atoms. The molecule has 1 aromatic heterocycles. The highest BCUT2D eigenvalue weighted by molar-refractivity contribution is 6.30. The lowest BCUT2D eigenvalue weighted by Crippen LogP contribution is -2.47. The molecule has 0 aliphatic carbocycles. The fourth-order valence-electron chi connectivity index (χ4n) is 3.18. The number of fused-ring (bicyclic) bond motifs is 1. The Bertz CT molecular complexity index is 930. The highest BCUT2D eigenvalue weighted by Crippen LogP contribution is 2.34. The average Bonchev–Trinajstić information content (AvgIpc) is 2.94. The molecule has 3 aromatic rings. The van der Waals surface area contributed by atoms with Gasteiger partial charge in [-0.15, -0.1) is 0 Å². The Kier molecular flexibility index (Phi) is 4.21. The van der Waals surface area contributed by atoms with E-state index in [4.69, 9.17) is 16.6 Å². The van der Waals surface area contributed by atoms with Gasteiger partial charge < -0.3 is 15.2 Å². The maximum atomic E-state index is 13.4. The molecule has 2 aromatic carbocycles. The first-order valence-corrected chi connectivity index (χ1v) is 8.92. The molecule has 134 valence electrons. The molecule has 0 bridgehead atoms. The van der Waals surface area contributed by atoms with E-state index in [2.05, 4.69) is 29.0 Å². The van der Waals surface area contributed by atoms with Crippen molar-refractivity contribution in [2.24, 2.45) is 0 Å². The van der Waals surface area contributed by atoms with Gasteiger partial charge in [-0.25, -0.2) is 9.37 Å². The molecule has 0 radical (unpaired) electrons. The fourth-order valence-corrected chi connectivity index (χ4v) is 3.31. The normalized spacial score (nSPS) is 15.5. The first-order valence-electron chi connectivity index (χ1n) is 8.54. The van der Waals surface area contributed by atoms with Crippen LogP contribution in [0.5, 0.6) is 0 Å². The van der Waals surface area contributed by atoms with Crippen molar-refractivity contribution < 1.29 is 4.39 Å². The lowest BCUT2D eigenvalue weighted by Gasteiger charge is -2.33. The molecule has 0 saturated carbocycles. The monoisotopic (exact) mass is 370 g/mol. The zero-order chi connectivity index (χ0) is 18.3. The Morgan fingerprint density at radius 2 is 1.81 bits per heavy atom. The van der Waals surface area contributed by atoms with Gasteiger partial charge in [-0.05, 0) is 62.4 Å². The Morgan fingerprint density at radius 3 is 2.50 bits per heavy atom. The molecule has 0 fully saturated rings. The smallest absolute Gasteiger partial charge is 0.138 e. The summed E-state index contributed by atoms with van der Waals surface area (Å²) in [5.41, 5.74) is 2.58. The summed E-state index contributed by atoms with van der Waals surface area (Å²) in [5.74, 6) is 1.61. The molecule has 0 unspecified atom stereocenters. The number of benzene rings is 2. The van der Waals surface area contributed by atoms with Crippen LogP contribution in [0.2, 0.25) is 5.02 Å². The highest BCUT2D eigenvalue weighted by Gasteiger charge is 2.29. The van der Waals surface area contributed by atoms with Crippen LogP contribution >= 0.6 is 11.6 Å². The van der Waals surface area contributed by atoms with Gasteiger partial charge in [0.15, 0.2) is 0 Å². The van der Waals surface area contributed by atoms with Crippen molar-refractivity contribution in [2.75, 3.05) is 5.32 Å². The predicted molar refractivity (Wildman–Crippen MR) is 103 cm³/mol. The second-order valence-corrected chi connectivity index (χ2v) is 7.62. The molecule has 4 nitrogen and oxygen atoms in total. The van der Waals surface area contributed by atoms with Crippen LogP contribution in [-0.2, 0) is 13.1 Å². The van der Waals surface area contributed by atoms with Crippen LogP contribution in [0.3, 0.4) is 0 Å². The lowest BCUT2D eigenvalue weighted by atomic mass is 10.0. The number of hydrogen-bond donors (Lipinski definition) is 2.